The highest BCUT2D eigenvalue weighted by molar-refractivity contribution is 7.99. The third-order valence-electron chi connectivity index (χ3n) is 11.2. The van der Waals surface area contributed by atoms with E-state index in [1.807, 2.05) is 36.5 Å². The normalized spacial score (nSPS) is 33.6. The molecule has 4 rings (SSSR count). The lowest BCUT2D eigenvalue weighted by molar-refractivity contribution is -0.474. The van der Waals surface area contributed by atoms with E-state index in [4.69, 9.17) is 51.8 Å². The van der Waals surface area contributed by atoms with Gasteiger partial charge in [0.1, 0.15) is 48.6 Å². The summed E-state index contributed by atoms with van der Waals surface area (Å²) < 4.78 is 110. The molecule has 1 aromatic carbocycles. The summed E-state index contributed by atoms with van der Waals surface area (Å²) in [5.74, 6) is -8.43. The Hall–Kier alpha value is -2.86. The van der Waals surface area contributed by atoms with Crippen molar-refractivity contribution in [1.82, 2.24) is 5.32 Å². The van der Waals surface area contributed by atoms with Gasteiger partial charge in [-0.15, -0.1) is 0 Å². The van der Waals surface area contributed by atoms with Gasteiger partial charge in [-0.05, 0) is 51.0 Å². The van der Waals surface area contributed by atoms with Crippen LogP contribution in [0.2, 0.25) is 18.1 Å². The standard InChI is InChI=1S/C39H58F3NO15SSi/c1-20-14-16-24(17-15-20)59-34-32(31-29(57-37(8,48-10)38(9,49-11)58-31)26(55-34)19-51-60(12,13)36(5,6)7)56-33-27(43-35(47)39(40,41)42)30(53-23(4)46)28(52-22(3)45)25(54-33)18-50-21(2)44/h14-17,25-34H,18-19H2,1-13H3,(H,43,47)/t25-,26-,27-,28-,29-,30-,31+,32+,33+,34-,37+,38+/m1/s1. The molecule has 340 valence electrons. The number of amides is 1. The Morgan fingerprint density at radius 3 is 1.85 bits per heavy atom. The minimum absolute atomic E-state index is 0.0232. The quantitative estimate of drug-likeness (QED) is 0.151. The highest BCUT2D eigenvalue weighted by atomic mass is 32.2. The van der Waals surface area contributed by atoms with E-state index in [1.165, 1.54) is 26.0 Å². The molecule has 3 heterocycles. The molecule has 1 aromatic rings. The van der Waals surface area contributed by atoms with E-state index in [0.717, 1.165) is 26.3 Å². The van der Waals surface area contributed by atoms with Gasteiger partial charge in [0.25, 0.3) is 0 Å². The van der Waals surface area contributed by atoms with Crippen LogP contribution >= 0.6 is 11.8 Å². The maximum absolute atomic E-state index is 14.0. The number of methoxy groups -OCH3 is 2. The van der Waals surface area contributed by atoms with Crippen LogP contribution in [0.25, 0.3) is 0 Å². The minimum atomic E-state index is -5.44. The molecular weight excluding hydrogens is 840 g/mol. The molecule has 3 fully saturated rings. The van der Waals surface area contributed by atoms with E-state index in [0.29, 0.717) is 4.90 Å². The van der Waals surface area contributed by atoms with Gasteiger partial charge in [-0.25, -0.2) is 0 Å². The van der Waals surface area contributed by atoms with Crippen molar-refractivity contribution in [3.05, 3.63) is 29.8 Å². The van der Waals surface area contributed by atoms with Crippen LogP contribution in [0.5, 0.6) is 0 Å². The molecule has 1 N–H and O–H groups in total. The number of hydrogen-bond donors (Lipinski definition) is 1. The fraction of sp³-hybridized carbons (Fsp3) is 0.744. The number of carbonyl (C=O) groups is 4. The van der Waals surface area contributed by atoms with Crippen LogP contribution in [0.4, 0.5) is 13.2 Å². The van der Waals surface area contributed by atoms with Gasteiger partial charge in [-0.2, -0.15) is 13.2 Å². The van der Waals surface area contributed by atoms with Gasteiger partial charge < -0.3 is 57.1 Å². The molecule has 12 atom stereocenters. The summed E-state index contributed by atoms with van der Waals surface area (Å²) in [6.45, 7) is 17.9. The van der Waals surface area contributed by atoms with Crippen molar-refractivity contribution in [1.29, 1.82) is 0 Å². The highest BCUT2D eigenvalue weighted by Gasteiger charge is 2.64. The van der Waals surface area contributed by atoms with Crippen molar-refractivity contribution >= 4 is 43.9 Å². The number of esters is 3. The number of alkyl halides is 3. The van der Waals surface area contributed by atoms with Crippen molar-refractivity contribution in [2.45, 2.75) is 164 Å². The lowest BCUT2D eigenvalue weighted by atomic mass is 9.93. The lowest BCUT2D eigenvalue weighted by Gasteiger charge is -2.58. The van der Waals surface area contributed by atoms with Crippen molar-refractivity contribution < 1.29 is 84.1 Å². The van der Waals surface area contributed by atoms with Crippen LogP contribution in [0, 0.1) is 6.92 Å². The molecule has 60 heavy (non-hydrogen) atoms. The van der Waals surface area contributed by atoms with Crippen molar-refractivity contribution in [2.75, 3.05) is 27.4 Å². The molecule has 0 spiro atoms. The number of nitrogens with one attached hydrogen (secondary N) is 1. The third kappa shape index (κ3) is 11.6. The zero-order chi connectivity index (χ0) is 45.2. The third-order valence-corrected chi connectivity index (χ3v) is 16.8. The molecule has 3 aliphatic heterocycles. The van der Waals surface area contributed by atoms with Crippen LogP contribution < -0.4 is 5.32 Å². The number of hydrogen-bond acceptors (Lipinski definition) is 16. The number of halogens is 3. The second-order valence-corrected chi connectivity index (χ2v) is 22.6. The summed E-state index contributed by atoms with van der Waals surface area (Å²) in [5, 5.41) is 1.63. The first kappa shape index (κ1) is 49.8. The molecule has 0 aliphatic carbocycles. The number of fused-ring (bicyclic) bond motifs is 1. The topological polar surface area (TPSA) is 182 Å². The van der Waals surface area contributed by atoms with Gasteiger partial charge >= 0.3 is 30.0 Å². The summed E-state index contributed by atoms with van der Waals surface area (Å²) in [7, 11) is 0.355. The van der Waals surface area contributed by atoms with Crippen LogP contribution in [0.15, 0.2) is 29.2 Å². The Kier molecular flexibility index (Phi) is 16.0. The maximum atomic E-state index is 14.0. The number of aryl methyl sites for hydroxylation is 1. The molecule has 0 unspecified atom stereocenters. The predicted molar refractivity (Wildman–Crippen MR) is 209 cm³/mol. The first-order valence-electron chi connectivity index (χ1n) is 19.3. The number of thioether (sulfide) groups is 1. The predicted octanol–water partition coefficient (Wildman–Crippen LogP) is 4.93. The molecule has 0 saturated carbocycles. The van der Waals surface area contributed by atoms with Crippen LogP contribution in [-0.4, -0.2) is 138 Å². The monoisotopic (exact) mass is 897 g/mol. The first-order valence-corrected chi connectivity index (χ1v) is 23.1. The molecule has 16 nitrogen and oxygen atoms in total. The summed E-state index contributed by atoms with van der Waals surface area (Å²) >= 11 is 1.19. The first-order chi connectivity index (χ1) is 27.6. The smallest absolute Gasteiger partial charge is 0.463 e. The zero-order valence-electron chi connectivity index (χ0n) is 36.2. The molecule has 0 radical (unpaired) electrons. The average molecular weight is 898 g/mol. The van der Waals surface area contributed by atoms with E-state index in [2.05, 4.69) is 33.9 Å². The number of carbonyl (C=O) groups excluding carboxylic acids is 4. The maximum Gasteiger partial charge on any atom is 0.471 e. The number of ether oxygens (including phenoxy) is 10. The van der Waals surface area contributed by atoms with E-state index in [1.54, 1.807) is 13.8 Å². The van der Waals surface area contributed by atoms with Crippen LogP contribution in [0.3, 0.4) is 0 Å². The molecule has 3 saturated heterocycles. The van der Waals surface area contributed by atoms with Crippen LogP contribution in [0.1, 0.15) is 61.0 Å². The van der Waals surface area contributed by atoms with Gasteiger partial charge in [-0.3, -0.25) is 19.2 Å². The fourth-order valence-corrected chi connectivity index (χ4v) is 8.67. The molecule has 21 heteroatoms. The van der Waals surface area contributed by atoms with Crippen molar-refractivity contribution in [3.8, 4) is 0 Å². The van der Waals surface area contributed by atoms with Gasteiger partial charge in [0.05, 0.1) is 6.61 Å². The van der Waals surface area contributed by atoms with E-state index in [-0.39, 0.29) is 11.6 Å². The zero-order valence-corrected chi connectivity index (χ0v) is 38.0. The van der Waals surface area contributed by atoms with Gasteiger partial charge in [0.15, 0.2) is 26.8 Å². The Labute approximate surface area is 353 Å². The van der Waals surface area contributed by atoms with Gasteiger partial charge in [0, 0.05) is 39.9 Å². The number of benzene rings is 1. The molecule has 0 aromatic heterocycles. The van der Waals surface area contributed by atoms with Crippen LogP contribution in [-0.2, 0) is 71.0 Å². The van der Waals surface area contributed by atoms with Gasteiger partial charge in [-0.1, -0.05) is 50.2 Å². The van der Waals surface area contributed by atoms with Crippen molar-refractivity contribution in [2.24, 2.45) is 0 Å². The lowest BCUT2D eigenvalue weighted by Crippen LogP contribution is -2.74. The Balaban J connectivity index is 1.92. The molecule has 1 amide bonds. The summed E-state index contributed by atoms with van der Waals surface area (Å²) in [6, 6.07) is 5.42. The minimum Gasteiger partial charge on any atom is -0.463 e. The summed E-state index contributed by atoms with van der Waals surface area (Å²) in [5.41, 5.74) is -0.112. The van der Waals surface area contributed by atoms with E-state index < -0.39 is 117 Å². The van der Waals surface area contributed by atoms with Gasteiger partial charge in [0.2, 0.25) is 11.6 Å². The number of rotatable bonds is 14. The molecule has 3 aliphatic rings. The summed E-state index contributed by atoms with van der Waals surface area (Å²) in [4.78, 5) is 50.3. The molecular formula is C39H58F3NO15SSi. The van der Waals surface area contributed by atoms with E-state index >= 15 is 0 Å². The highest BCUT2D eigenvalue weighted by Crippen LogP contribution is 2.48. The van der Waals surface area contributed by atoms with Crippen molar-refractivity contribution in [3.63, 3.8) is 0 Å². The average Bonchev–Trinajstić information content (AvgIpc) is 3.13. The Bertz CT molecular complexity index is 1680. The second-order valence-electron chi connectivity index (χ2n) is 16.6. The molecule has 0 bridgehead atoms. The fourth-order valence-electron chi connectivity index (χ4n) is 6.55. The largest absolute Gasteiger partial charge is 0.471 e. The summed E-state index contributed by atoms with van der Waals surface area (Å²) in [6.07, 6.45) is -17.0. The Morgan fingerprint density at radius 2 is 1.35 bits per heavy atom. The second kappa shape index (κ2) is 19.3. The van der Waals surface area contributed by atoms with E-state index in [9.17, 15) is 32.3 Å². The SMILES string of the molecule is CO[C@@]1(C)O[C@@H]2[C@H](O[C@@H]3O[C@H](COC(C)=O)[C@@H](OC(C)=O)[C@H](OC(C)=O)[C@H]3NC(=O)C(F)(F)F)[C@@H](Sc3ccc(C)cc3)O[C@H](CO[Si](C)(C)C(C)(C)C)[C@H]2O[C@]1(C)OC. The Morgan fingerprint density at radius 1 is 0.800 bits per heavy atom.